The molecule has 1 rings (SSSR count). The second-order valence-electron chi connectivity index (χ2n) is 4.85. The smallest absolute Gasteiger partial charge is 0.127 e. The molecular weight excluding hydrogens is 249 g/mol. The number of hydrogen-bond acceptors (Lipinski definition) is 1. The number of benzene rings is 1. The highest BCUT2D eigenvalue weighted by atomic mass is 35.5. The van der Waals surface area contributed by atoms with Crippen molar-refractivity contribution in [3.63, 3.8) is 0 Å². The first-order chi connectivity index (χ1) is 8.60. The lowest BCUT2D eigenvalue weighted by Crippen LogP contribution is -2.36. The quantitative estimate of drug-likeness (QED) is 0.773. The van der Waals surface area contributed by atoms with Gasteiger partial charge in [-0.1, -0.05) is 38.4 Å². The van der Waals surface area contributed by atoms with Gasteiger partial charge in [-0.05, 0) is 43.9 Å². The van der Waals surface area contributed by atoms with Crippen molar-refractivity contribution in [3.05, 3.63) is 34.6 Å². The van der Waals surface area contributed by atoms with Crippen molar-refractivity contribution >= 4 is 11.6 Å². The van der Waals surface area contributed by atoms with Gasteiger partial charge in [-0.3, -0.25) is 0 Å². The highest BCUT2D eigenvalue weighted by Crippen LogP contribution is 2.24. The van der Waals surface area contributed by atoms with Gasteiger partial charge in [0.15, 0.2) is 0 Å². The van der Waals surface area contributed by atoms with E-state index in [4.69, 9.17) is 11.6 Å². The lowest BCUT2D eigenvalue weighted by atomic mass is 9.92. The van der Waals surface area contributed by atoms with Crippen LogP contribution in [0.1, 0.15) is 39.2 Å². The van der Waals surface area contributed by atoms with E-state index in [9.17, 15) is 4.39 Å². The fraction of sp³-hybridized carbons (Fsp3) is 0.600. The zero-order valence-corrected chi connectivity index (χ0v) is 12.2. The van der Waals surface area contributed by atoms with E-state index in [-0.39, 0.29) is 5.82 Å². The second kappa shape index (κ2) is 7.75. The molecule has 0 aliphatic rings. The summed E-state index contributed by atoms with van der Waals surface area (Å²) in [5, 5.41) is 4.05. The van der Waals surface area contributed by atoms with Crippen molar-refractivity contribution in [1.29, 1.82) is 0 Å². The maximum absolute atomic E-state index is 13.7. The minimum atomic E-state index is -0.195. The zero-order valence-electron chi connectivity index (χ0n) is 11.5. The van der Waals surface area contributed by atoms with Crippen molar-refractivity contribution in [2.24, 2.45) is 5.92 Å². The van der Waals surface area contributed by atoms with Gasteiger partial charge >= 0.3 is 0 Å². The molecule has 0 aliphatic heterocycles. The van der Waals surface area contributed by atoms with E-state index in [0.29, 0.717) is 29.0 Å². The maximum atomic E-state index is 13.7. The molecule has 0 spiro atoms. The summed E-state index contributed by atoms with van der Waals surface area (Å²) in [6, 6.07) is 5.31. The Labute approximate surface area is 115 Å². The van der Waals surface area contributed by atoms with E-state index in [1.807, 2.05) is 0 Å². The molecule has 1 aromatic rings. The fourth-order valence-corrected chi connectivity index (χ4v) is 2.51. The van der Waals surface area contributed by atoms with Crippen LogP contribution in [-0.4, -0.2) is 12.6 Å². The summed E-state index contributed by atoms with van der Waals surface area (Å²) in [7, 11) is 0. The third-order valence-corrected chi connectivity index (χ3v) is 3.73. The molecule has 0 saturated heterocycles. The third kappa shape index (κ3) is 4.25. The molecule has 0 fully saturated rings. The monoisotopic (exact) mass is 271 g/mol. The lowest BCUT2D eigenvalue weighted by Gasteiger charge is -2.24. The first-order valence-corrected chi connectivity index (χ1v) is 7.14. The van der Waals surface area contributed by atoms with Gasteiger partial charge in [0.1, 0.15) is 5.82 Å². The Morgan fingerprint density at radius 2 is 2.06 bits per heavy atom. The van der Waals surface area contributed by atoms with Crippen LogP contribution in [0.4, 0.5) is 4.39 Å². The second-order valence-corrected chi connectivity index (χ2v) is 5.26. The normalized spacial score (nSPS) is 14.5. The first-order valence-electron chi connectivity index (χ1n) is 6.76. The molecule has 102 valence electrons. The van der Waals surface area contributed by atoms with Gasteiger partial charge in [-0.15, -0.1) is 0 Å². The Bertz CT molecular complexity index is 347. The highest BCUT2D eigenvalue weighted by Gasteiger charge is 2.18. The third-order valence-electron chi connectivity index (χ3n) is 3.37. The van der Waals surface area contributed by atoms with Crippen molar-refractivity contribution in [1.82, 2.24) is 5.32 Å². The van der Waals surface area contributed by atoms with Crippen molar-refractivity contribution < 1.29 is 4.39 Å². The van der Waals surface area contributed by atoms with Gasteiger partial charge in [0, 0.05) is 16.6 Å². The molecule has 1 nitrogen and oxygen atoms in total. The highest BCUT2D eigenvalue weighted by molar-refractivity contribution is 6.31. The molecule has 2 unspecified atom stereocenters. The molecule has 1 aromatic carbocycles. The molecule has 0 aromatic heterocycles. The summed E-state index contributed by atoms with van der Waals surface area (Å²) in [6.45, 7) is 7.47. The van der Waals surface area contributed by atoms with Crippen LogP contribution in [0.15, 0.2) is 18.2 Å². The fourth-order valence-electron chi connectivity index (χ4n) is 2.27. The summed E-state index contributed by atoms with van der Waals surface area (Å²) in [6.07, 6.45) is 2.84. The van der Waals surface area contributed by atoms with Crippen LogP contribution in [0.5, 0.6) is 0 Å². The first kappa shape index (κ1) is 15.5. The van der Waals surface area contributed by atoms with Crippen LogP contribution in [-0.2, 0) is 6.42 Å². The summed E-state index contributed by atoms with van der Waals surface area (Å²) in [4.78, 5) is 0. The molecule has 0 saturated carbocycles. The van der Waals surface area contributed by atoms with Crippen LogP contribution < -0.4 is 5.32 Å². The molecule has 1 N–H and O–H groups in total. The molecule has 0 amide bonds. The number of rotatable bonds is 7. The van der Waals surface area contributed by atoms with Crippen LogP contribution in [0.2, 0.25) is 5.02 Å². The Balaban J connectivity index is 2.70. The van der Waals surface area contributed by atoms with Crippen LogP contribution in [0.3, 0.4) is 0 Å². The lowest BCUT2D eigenvalue weighted by molar-refractivity contribution is 0.361. The van der Waals surface area contributed by atoms with Gasteiger partial charge in [0.05, 0.1) is 0 Å². The molecule has 2 atom stereocenters. The number of halogens is 2. The Morgan fingerprint density at radius 3 is 2.61 bits per heavy atom. The minimum absolute atomic E-state index is 0.195. The summed E-state index contributed by atoms with van der Waals surface area (Å²) in [5.74, 6) is 0.177. The predicted molar refractivity (Wildman–Crippen MR) is 76.7 cm³/mol. The molecule has 18 heavy (non-hydrogen) atoms. The molecule has 0 heterocycles. The average molecular weight is 272 g/mol. The van der Waals surface area contributed by atoms with Gasteiger partial charge in [0.2, 0.25) is 0 Å². The number of hydrogen-bond donors (Lipinski definition) is 1. The van der Waals surface area contributed by atoms with E-state index in [0.717, 1.165) is 19.4 Å². The molecule has 0 bridgehead atoms. The molecule has 0 radical (unpaired) electrons. The largest absolute Gasteiger partial charge is 0.314 e. The van der Waals surface area contributed by atoms with E-state index in [2.05, 4.69) is 26.1 Å². The van der Waals surface area contributed by atoms with E-state index < -0.39 is 0 Å². The van der Waals surface area contributed by atoms with Crippen molar-refractivity contribution in [2.75, 3.05) is 6.54 Å². The summed E-state index contributed by atoms with van der Waals surface area (Å²) < 4.78 is 13.7. The van der Waals surface area contributed by atoms with Crippen LogP contribution in [0, 0.1) is 11.7 Å². The minimum Gasteiger partial charge on any atom is -0.314 e. The van der Waals surface area contributed by atoms with E-state index >= 15 is 0 Å². The topological polar surface area (TPSA) is 12.0 Å². The Hall–Kier alpha value is -0.600. The predicted octanol–water partition coefficient (Wildman–Crippen LogP) is 4.44. The standard InChI is InChI=1S/C15H23ClFN/c1-4-9-18-15(5-2)11(3)10-12-13(16)7-6-8-14(12)17/h6-8,11,15,18H,4-5,9-10H2,1-3H3. The van der Waals surface area contributed by atoms with Crippen LogP contribution >= 0.6 is 11.6 Å². The van der Waals surface area contributed by atoms with Gasteiger partial charge < -0.3 is 5.32 Å². The zero-order chi connectivity index (χ0) is 13.5. The van der Waals surface area contributed by atoms with Gasteiger partial charge in [-0.25, -0.2) is 4.39 Å². The molecular formula is C15H23ClFN. The SMILES string of the molecule is CCCNC(CC)C(C)Cc1c(F)cccc1Cl. The maximum Gasteiger partial charge on any atom is 0.127 e. The summed E-state index contributed by atoms with van der Waals surface area (Å²) >= 11 is 6.07. The number of nitrogens with one attached hydrogen (secondary N) is 1. The van der Waals surface area contributed by atoms with Gasteiger partial charge in [-0.2, -0.15) is 0 Å². The average Bonchev–Trinajstić information content (AvgIpc) is 2.35. The molecule has 0 aliphatic carbocycles. The van der Waals surface area contributed by atoms with Gasteiger partial charge in [0.25, 0.3) is 0 Å². The van der Waals surface area contributed by atoms with Crippen molar-refractivity contribution in [3.8, 4) is 0 Å². The van der Waals surface area contributed by atoms with E-state index in [1.165, 1.54) is 6.07 Å². The molecule has 3 heteroatoms. The Kier molecular flexibility index (Phi) is 6.66. The van der Waals surface area contributed by atoms with Crippen molar-refractivity contribution in [2.45, 2.75) is 46.1 Å². The Morgan fingerprint density at radius 1 is 1.33 bits per heavy atom. The van der Waals surface area contributed by atoms with E-state index in [1.54, 1.807) is 12.1 Å². The van der Waals surface area contributed by atoms with Crippen LogP contribution in [0.25, 0.3) is 0 Å². The summed E-state index contributed by atoms with van der Waals surface area (Å²) in [5.41, 5.74) is 0.642.